The Balaban J connectivity index is 2.13. The van der Waals surface area contributed by atoms with E-state index in [2.05, 4.69) is 21.9 Å². The molecule has 1 aliphatic rings. The van der Waals surface area contributed by atoms with Crippen molar-refractivity contribution in [1.29, 1.82) is 0 Å². The van der Waals surface area contributed by atoms with Gasteiger partial charge in [-0.3, -0.25) is 4.90 Å². The van der Waals surface area contributed by atoms with Gasteiger partial charge in [-0.15, -0.1) is 11.6 Å². The van der Waals surface area contributed by atoms with Crippen LogP contribution in [0.3, 0.4) is 0 Å². The third kappa shape index (κ3) is 2.62. The van der Waals surface area contributed by atoms with Gasteiger partial charge in [0.05, 0.1) is 11.9 Å². The van der Waals surface area contributed by atoms with Crippen LogP contribution in [0.1, 0.15) is 17.4 Å². The molecule has 1 atom stereocenters. The number of alkyl halides is 1. The fourth-order valence-electron chi connectivity index (χ4n) is 1.56. The van der Waals surface area contributed by atoms with Crippen molar-refractivity contribution in [3.63, 3.8) is 0 Å². The lowest BCUT2D eigenvalue weighted by molar-refractivity contribution is 0.264. The predicted molar refractivity (Wildman–Crippen MR) is 64.3 cm³/mol. The molecule has 15 heavy (non-hydrogen) atoms. The Bertz CT molecular complexity index is 317. The highest BCUT2D eigenvalue weighted by Gasteiger charge is 2.23. The number of halogens is 1. The van der Waals surface area contributed by atoms with Gasteiger partial charge in [-0.2, -0.15) is 11.8 Å². The van der Waals surface area contributed by atoms with Crippen molar-refractivity contribution < 1.29 is 0 Å². The molecular formula is C10H14ClN3S. The van der Waals surface area contributed by atoms with E-state index >= 15 is 0 Å². The Hall–Kier alpha value is -0.320. The van der Waals surface area contributed by atoms with Crippen molar-refractivity contribution in [3.05, 3.63) is 23.8 Å². The molecule has 1 aromatic heterocycles. The average Bonchev–Trinajstić information content (AvgIpc) is 2.30. The van der Waals surface area contributed by atoms with Gasteiger partial charge in [-0.1, -0.05) is 0 Å². The topological polar surface area (TPSA) is 29.0 Å². The number of nitrogens with zero attached hydrogens (tertiary/aromatic N) is 3. The van der Waals surface area contributed by atoms with Gasteiger partial charge in [0.2, 0.25) is 0 Å². The van der Waals surface area contributed by atoms with Crippen molar-refractivity contribution in [2.75, 3.05) is 25.1 Å². The molecular weight excluding hydrogens is 230 g/mol. The molecule has 0 spiro atoms. The van der Waals surface area contributed by atoms with Crippen molar-refractivity contribution in [3.8, 4) is 0 Å². The molecule has 3 nitrogen and oxygen atoms in total. The van der Waals surface area contributed by atoms with Gasteiger partial charge in [0.25, 0.3) is 0 Å². The summed E-state index contributed by atoms with van der Waals surface area (Å²) in [6.07, 6.45) is 3.64. The molecule has 2 heterocycles. The van der Waals surface area contributed by atoms with Gasteiger partial charge < -0.3 is 0 Å². The Kier molecular flexibility index (Phi) is 3.83. The highest BCUT2D eigenvalue weighted by molar-refractivity contribution is 7.99. The van der Waals surface area contributed by atoms with Gasteiger partial charge in [-0.25, -0.2) is 9.97 Å². The molecule has 1 saturated heterocycles. The summed E-state index contributed by atoms with van der Waals surface area (Å²) in [5, 5.41) is 0. The maximum absolute atomic E-state index is 5.70. The zero-order chi connectivity index (χ0) is 10.7. The molecule has 1 unspecified atom stereocenters. The van der Waals surface area contributed by atoms with Crippen LogP contribution in [-0.2, 0) is 5.88 Å². The van der Waals surface area contributed by atoms with E-state index < -0.39 is 0 Å². The summed E-state index contributed by atoms with van der Waals surface area (Å²) >= 11 is 7.66. The molecule has 0 N–H and O–H groups in total. The van der Waals surface area contributed by atoms with Gasteiger partial charge in [0.15, 0.2) is 0 Å². The number of thioether (sulfide) groups is 1. The number of rotatable bonds is 2. The van der Waals surface area contributed by atoms with E-state index in [1.54, 1.807) is 0 Å². The van der Waals surface area contributed by atoms with Gasteiger partial charge >= 0.3 is 0 Å². The molecule has 5 heteroatoms. The molecule has 1 fully saturated rings. The number of hydrogen-bond donors (Lipinski definition) is 0. The van der Waals surface area contributed by atoms with Gasteiger partial charge in [0.1, 0.15) is 5.82 Å². The Morgan fingerprint density at radius 3 is 2.87 bits per heavy atom. The smallest absolute Gasteiger partial charge is 0.146 e. The lowest BCUT2D eigenvalue weighted by Crippen LogP contribution is -2.33. The third-order valence-corrected chi connectivity index (χ3v) is 3.91. The SMILES string of the molecule is CN1CCSCC1c1ncc(CCl)cn1. The van der Waals surface area contributed by atoms with E-state index in [1.165, 1.54) is 5.75 Å². The predicted octanol–water partition coefficient (Wildman–Crippen LogP) is 1.94. The molecule has 0 radical (unpaired) electrons. The van der Waals surface area contributed by atoms with Crippen LogP contribution in [0.4, 0.5) is 0 Å². The molecule has 0 bridgehead atoms. The molecule has 0 saturated carbocycles. The van der Waals surface area contributed by atoms with Crippen molar-refractivity contribution in [1.82, 2.24) is 14.9 Å². The van der Waals surface area contributed by atoms with Crippen LogP contribution in [-0.4, -0.2) is 40.0 Å². The second kappa shape index (κ2) is 5.14. The van der Waals surface area contributed by atoms with Crippen LogP contribution in [0.25, 0.3) is 0 Å². The third-order valence-electron chi connectivity index (χ3n) is 2.57. The minimum Gasteiger partial charge on any atom is -0.295 e. The molecule has 2 rings (SSSR count). The van der Waals surface area contributed by atoms with Crippen molar-refractivity contribution in [2.24, 2.45) is 0 Å². The first-order chi connectivity index (χ1) is 7.31. The lowest BCUT2D eigenvalue weighted by atomic mass is 10.2. The summed E-state index contributed by atoms with van der Waals surface area (Å²) in [6.45, 7) is 1.11. The van der Waals surface area contributed by atoms with Crippen molar-refractivity contribution in [2.45, 2.75) is 11.9 Å². The molecule has 0 aliphatic carbocycles. The van der Waals surface area contributed by atoms with Crippen LogP contribution in [0.15, 0.2) is 12.4 Å². The summed E-state index contributed by atoms with van der Waals surface area (Å²) in [4.78, 5) is 11.1. The number of hydrogen-bond acceptors (Lipinski definition) is 4. The van der Waals surface area contributed by atoms with Crippen LogP contribution >= 0.6 is 23.4 Å². The summed E-state index contributed by atoms with van der Waals surface area (Å²) in [5.41, 5.74) is 0.978. The van der Waals surface area contributed by atoms with Crippen LogP contribution in [0, 0.1) is 0 Å². The Morgan fingerprint density at radius 1 is 1.53 bits per heavy atom. The summed E-state index contributed by atoms with van der Waals surface area (Å²) in [5.74, 6) is 3.68. The van der Waals surface area contributed by atoms with Crippen LogP contribution in [0.2, 0.25) is 0 Å². The van der Waals surface area contributed by atoms with E-state index in [1.807, 2.05) is 24.2 Å². The van der Waals surface area contributed by atoms with Crippen molar-refractivity contribution >= 4 is 23.4 Å². The van der Waals surface area contributed by atoms with E-state index in [9.17, 15) is 0 Å². The van der Waals surface area contributed by atoms with E-state index in [-0.39, 0.29) is 0 Å². The molecule has 82 valence electrons. The lowest BCUT2D eigenvalue weighted by Gasteiger charge is -2.30. The standard InChI is InChI=1S/C10H14ClN3S/c1-14-2-3-15-7-9(14)10-12-5-8(4-11)6-13-10/h5-6,9H,2-4,7H2,1H3. The fraction of sp³-hybridized carbons (Fsp3) is 0.600. The minimum absolute atomic E-state index is 0.355. The first-order valence-electron chi connectivity index (χ1n) is 4.96. The monoisotopic (exact) mass is 243 g/mol. The first kappa shape index (κ1) is 11.2. The highest BCUT2D eigenvalue weighted by Crippen LogP contribution is 2.25. The minimum atomic E-state index is 0.355. The van der Waals surface area contributed by atoms with Crippen LogP contribution < -0.4 is 0 Å². The highest BCUT2D eigenvalue weighted by atomic mass is 35.5. The maximum Gasteiger partial charge on any atom is 0.146 e. The van der Waals surface area contributed by atoms with E-state index in [0.717, 1.165) is 23.7 Å². The molecule has 0 aromatic carbocycles. The summed E-state index contributed by atoms with van der Waals surface area (Å²) in [7, 11) is 2.13. The largest absolute Gasteiger partial charge is 0.295 e. The van der Waals surface area contributed by atoms with E-state index in [0.29, 0.717) is 11.9 Å². The number of aromatic nitrogens is 2. The fourth-order valence-corrected chi connectivity index (χ4v) is 2.91. The molecule has 1 aliphatic heterocycles. The Morgan fingerprint density at radius 2 is 2.27 bits per heavy atom. The maximum atomic E-state index is 5.70. The summed E-state index contributed by atoms with van der Waals surface area (Å²) < 4.78 is 0. The second-order valence-electron chi connectivity index (χ2n) is 3.65. The first-order valence-corrected chi connectivity index (χ1v) is 6.65. The van der Waals surface area contributed by atoms with Crippen LogP contribution in [0.5, 0.6) is 0 Å². The normalized spacial score (nSPS) is 22.9. The zero-order valence-corrected chi connectivity index (χ0v) is 10.3. The Labute approximate surface area is 99.2 Å². The van der Waals surface area contributed by atoms with Gasteiger partial charge in [0, 0.05) is 36.0 Å². The van der Waals surface area contributed by atoms with Gasteiger partial charge in [-0.05, 0) is 7.05 Å². The average molecular weight is 244 g/mol. The molecule has 1 aromatic rings. The van der Waals surface area contributed by atoms with E-state index in [4.69, 9.17) is 11.6 Å². The summed E-state index contributed by atoms with van der Waals surface area (Å²) in [6, 6.07) is 0.355. The molecule has 0 amide bonds. The second-order valence-corrected chi connectivity index (χ2v) is 5.07. The quantitative estimate of drug-likeness (QED) is 0.743. The zero-order valence-electron chi connectivity index (χ0n) is 8.69.